The van der Waals surface area contributed by atoms with Crippen molar-refractivity contribution in [2.45, 2.75) is 45.1 Å². The second-order valence-corrected chi connectivity index (χ2v) is 10.7. The number of aryl methyl sites for hydroxylation is 1. The number of urea groups is 1. The van der Waals surface area contributed by atoms with E-state index in [-0.39, 0.29) is 12.1 Å². The lowest BCUT2D eigenvalue weighted by Gasteiger charge is -2.38. The van der Waals surface area contributed by atoms with Crippen molar-refractivity contribution >= 4 is 23.3 Å². The van der Waals surface area contributed by atoms with Crippen molar-refractivity contribution in [1.82, 2.24) is 19.8 Å². The van der Waals surface area contributed by atoms with Crippen LogP contribution >= 0.6 is 11.6 Å². The number of benzene rings is 3. The summed E-state index contributed by atoms with van der Waals surface area (Å²) in [6.45, 7) is 4.59. The number of hydrogen-bond donors (Lipinski definition) is 2. The highest BCUT2D eigenvalue weighted by Gasteiger charge is 2.31. The summed E-state index contributed by atoms with van der Waals surface area (Å²) >= 11 is 6.12. The Hall–Kier alpha value is -3.82. The zero-order valence-electron chi connectivity index (χ0n) is 22.6. The molecule has 1 aliphatic heterocycles. The molecule has 1 aliphatic rings. The molecule has 2 amide bonds. The summed E-state index contributed by atoms with van der Waals surface area (Å²) in [7, 11) is 0. The molecule has 1 saturated heterocycles. The second kappa shape index (κ2) is 12.4. The number of carbonyl (C=O) groups excluding carboxylic acids is 1. The monoisotopic (exact) mass is 581 g/mol. The lowest BCUT2D eigenvalue weighted by Crippen LogP contribution is -2.48. The third kappa shape index (κ3) is 7.28. The van der Waals surface area contributed by atoms with Gasteiger partial charge < -0.3 is 15.2 Å². The first-order valence-electron chi connectivity index (χ1n) is 13.5. The number of nitrogens with one attached hydrogen (secondary N) is 2. The molecule has 41 heavy (non-hydrogen) atoms. The smallest absolute Gasteiger partial charge is 0.342 e. The summed E-state index contributed by atoms with van der Waals surface area (Å²) in [5, 5.41) is 3.56. The van der Waals surface area contributed by atoms with Gasteiger partial charge in [-0.3, -0.25) is 4.90 Å². The van der Waals surface area contributed by atoms with E-state index in [9.17, 15) is 18.0 Å². The maximum atomic E-state index is 13.4. The molecule has 2 N–H and O–H groups in total. The number of aromatic nitrogens is 2. The fourth-order valence-corrected chi connectivity index (χ4v) is 5.30. The van der Waals surface area contributed by atoms with Gasteiger partial charge in [0.1, 0.15) is 5.82 Å². The zero-order valence-corrected chi connectivity index (χ0v) is 23.3. The lowest BCUT2D eigenvalue weighted by atomic mass is 10.0. The van der Waals surface area contributed by atoms with E-state index in [4.69, 9.17) is 16.6 Å². The number of hydrogen-bond acceptors (Lipinski definition) is 3. The predicted octanol–water partition coefficient (Wildman–Crippen LogP) is 7.76. The van der Waals surface area contributed by atoms with Crippen LogP contribution in [0, 0.1) is 6.92 Å². The van der Waals surface area contributed by atoms with Crippen LogP contribution in [-0.2, 0) is 19.3 Å². The van der Waals surface area contributed by atoms with Crippen molar-refractivity contribution in [1.29, 1.82) is 0 Å². The molecule has 214 valence electrons. The molecule has 0 unspecified atom stereocenters. The van der Waals surface area contributed by atoms with Crippen molar-refractivity contribution in [3.05, 3.63) is 106 Å². The molecule has 6 nitrogen and oxygen atoms in total. The Morgan fingerprint density at radius 2 is 1.76 bits per heavy atom. The first-order valence-corrected chi connectivity index (χ1v) is 13.9. The van der Waals surface area contributed by atoms with Gasteiger partial charge in [-0.1, -0.05) is 60.1 Å². The number of halogens is 4. The minimum atomic E-state index is -4.37. The lowest BCUT2D eigenvalue weighted by molar-refractivity contribution is -0.137. The van der Waals surface area contributed by atoms with Crippen LogP contribution in [0.5, 0.6) is 0 Å². The van der Waals surface area contributed by atoms with Gasteiger partial charge in [0.05, 0.1) is 11.3 Å². The summed E-state index contributed by atoms with van der Waals surface area (Å²) in [6.07, 6.45) is -2.78. The average Bonchev–Trinajstić information content (AvgIpc) is 3.32. The Balaban J connectivity index is 1.24. The second-order valence-electron chi connectivity index (χ2n) is 10.3. The Kier molecular flexibility index (Phi) is 8.65. The SMILES string of the molecule is Cc1[nH]c(-c2ccc(C(F)(F)F)cc2)nc1CN1CCC(N(Cc2ccccc2)C(=O)Nc2cccc(Cl)c2)CC1. The molecule has 0 atom stereocenters. The van der Waals surface area contributed by atoms with Crippen LogP contribution in [0.2, 0.25) is 5.02 Å². The molecule has 10 heteroatoms. The van der Waals surface area contributed by atoms with Crippen molar-refractivity contribution in [3.63, 3.8) is 0 Å². The molecule has 2 heterocycles. The van der Waals surface area contributed by atoms with Crippen LogP contribution in [0.3, 0.4) is 0 Å². The van der Waals surface area contributed by atoms with E-state index in [0.717, 1.165) is 55.0 Å². The molecular formula is C31H31ClF3N5O. The minimum Gasteiger partial charge on any atom is -0.342 e. The van der Waals surface area contributed by atoms with Gasteiger partial charge in [0.2, 0.25) is 0 Å². The molecule has 3 aromatic carbocycles. The Bertz CT molecular complexity index is 1470. The standard InChI is InChI=1S/C31H31ClF3N5O/c1-21-28(38-29(36-21)23-10-12-24(13-11-23)31(33,34)35)20-39-16-14-27(15-17-39)40(19-22-6-3-2-4-7-22)30(41)37-26-9-5-8-25(32)18-26/h2-13,18,27H,14-17,19-20H2,1H3,(H,36,38)(H,37,41). The van der Waals surface area contributed by atoms with E-state index in [0.29, 0.717) is 35.2 Å². The number of aromatic amines is 1. The van der Waals surface area contributed by atoms with Gasteiger partial charge in [0.15, 0.2) is 0 Å². The number of carbonyl (C=O) groups is 1. The summed E-state index contributed by atoms with van der Waals surface area (Å²) < 4.78 is 38.8. The fourth-order valence-electron chi connectivity index (χ4n) is 5.11. The van der Waals surface area contributed by atoms with Crippen LogP contribution in [0.25, 0.3) is 11.4 Å². The van der Waals surface area contributed by atoms with E-state index >= 15 is 0 Å². The van der Waals surface area contributed by atoms with Gasteiger partial charge in [-0.15, -0.1) is 0 Å². The van der Waals surface area contributed by atoms with Gasteiger partial charge >= 0.3 is 12.2 Å². The number of likely N-dealkylation sites (tertiary alicyclic amines) is 1. The van der Waals surface area contributed by atoms with Crippen molar-refractivity contribution in [2.75, 3.05) is 18.4 Å². The van der Waals surface area contributed by atoms with Gasteiger partial charge in [-0.25, -0.2) is 9.78 Å². The van der Waals surface area contributed by atoms with Gasteiger partial charge in [-0.05, 0) is 55.7 Å². The third-order valence-corrected chi connectivity index (χ3v) is 7.61. The maximum absolute atomic E-state index is 13.4. The first kappa shape index (κ1) is 28.7. The number of alkyl halides is 3. The summed E-state index contributed by atoms with van der Waals surface area (Å²) in [5.74, 6) is 0.549. The van der Waals surface area contributed by atoms with Gasteiger partial charge in [0.25, 0.3) is 0 Å². The van der Waals surface area contributed by atoms with Crippen molar-refractivity contribution in [3.8, 4) is 11.4 Å². The molecule has 1 aromatic heterocycles. The quantitative estimate of drug-likeness (QED) is 0.234. The predicted molar refractivity (Wildman–Crippen MR) is 155 cm³/mol. The third-order valence-electron chi connectivity index (χ3n) is 7.37. The Morgan fingerprint density at radius 1 is 1.05 bits per heavy atom. The van der Waals surface area contributed by atoms with Crippen LogP contribution in [0.15, 0.2) is 78.9 Å². The largest absolute Gasteiger partial charge is 0.416 e. The summed E-state index contributed by atoms with van der Waals surface area (Å²) in [4.78, 5) is 25.5. The van der Waals surface area contributed by atoms with E-state index < -0.39 is 11.7 Å². The number of imidazole rings is 1. The number of anilines is 1. The van der Waals surface area contributed by atoms with Crippen LogP contribution in [0.4, 0.5) is 23.7 Å². The van der Waals surface area contributed by atoms with Gasteiger partial charge in [-0.2, -0.15) is 13.2 Å². The number of nitrogens with zero attached hydrogens (tertiary/aromatic N) is 3. The molecule has 0 saturated carbocycles. The van der Waals surface area contributed by atoms with Crippen molar-refractivity contribution < 1.29 is 18.0 Å². The minimum absolute atomic E-state index is 0.0497. The Labute approximate surface area is 242 Å². The molecule has 1 fully saturated rings. The summed E-state index contributed by atoms with van der Waals surface area (Å²) in [5.41, 5.74) is 3.37. The highest BCUT2D eigenvalue weighted by Crippen LogP contribution is 2.31. The molecule has 4 aromatic rings. The summed E-state index contributed by atoms with van der Waals surface area (Å²) in [6, 6.07) is 21.9. The molecular weight excluding hydrogens is 551 g/mol. The average molecular weight is 582 g/mol. The number of amides is 2. The van der Waals surface area contributed by atoms with E-state index in [1.807, 2.05) is 48.2 Å². The van der Waals surface area contributed by atoms with Crippen LogP contribution < -0.4 is 5.32 Å². The molecule has 0 radical (unpaired) electrons. The highest BCUT2D eigenvalue weighted by molar-refractivity contribution is 6.30. The van der Waals surface area contributed by atoms with E-state index in [1.165, 1.54) is 12.1 Å². The number of H-pyrrole nitrogens is 1. The van der Waals surface area contributed by atoms with E-state index in [1.54, 1.807) is 18.2 Å². The molecule has 0 spiro atoms. The zero-order chi connectivity index (χ0) is 29.0. The van der Waals surface area contributed by atoms with E-state index in [2.05, 4.69) is 15.2 Å². The van der Waals surface area contributed by atoms with Crippen LogP contribution in [-0.4, -0.2) is 44.9 Å². The molecule has 5 rings (SSSR count). The Morgan fingerprint density at radius 3 is 2.41 bits per heavy atom. The molecule has 0 aliphatic carbocycles. The van der Waals surface area contributed by atoms with Gasteiger partial charge in [0, 0.05) is 54.2 Å². The molecule has 0 bridgehead atoms. The number of rotatable bonds is 7. The topological polar surface area (TPSA) is 64.3 Å². The van der Waals surface area contributed by atoms with Crippen LogP contribution in [0.1, 0.15) is 35.4 Å². The number of piperidine rings is 1. The normalized spacial score (nSPS) is 14.7. The van der Waals surface area contributed by atoms with Crippen molar-refractivity contribution in [2.24, 2.45) is 0 Å². The highest BCUT2D eigenvalue weighted by atomic mass is 35.5. The maximum Gasteiger partial charge on any atom is 0.416 e. The fraction of sp³-hybridized carbons (Fsp3) is 0.290. The first-order chi connectivity index (χ1) is 19.7.